The number of aryl methyl sites for hydroxylation is 1. The molecule has 0 radical (unpaired) electrons. The van der Waals surface area contributed by atoms with Crippen LogP contribution >= 0.6 is 0 Å². The van der Waals surface area contributed by atoms with E-state index in [-0.39, 0.29) is 0 Å². The molecule has 0 amide bonds. The van der Waals surface area contributed by atoms with Crippen molar-refractivity contribution in [3.05, 3.63) is 18.0 Å². The number of unbranched alkanes of at least 4 members (excludes halogenated alkanes) is 2. The molecular formula is C14H25N3. The van der Waals surface area contributed by atoms with E-state index in [4.69, 9.17) is 5.73 Å². The van der Waals surface area contributed by atoms with Crippen molar-refractivity contribution in [3.8, 4) is 0 Å². The highest BCUT2D eigenvalue weighted by molar-refractivity contribution is 5.17. The Hall–Kier alpha value is -1.12. The number of nitrogen functional groups attached to an aromatic ring is 1. The molecule has 1 saturated carbocycles. The lowest BCUT2D eigenvalue weighted by atomic mass is 10.1. The van der Waals surface area contributed by atoms with Gasteiger partial charge in [-0.15, -0.1) is 0 Å². The van der Waals surface area contributed by atoms with Crippen molar-refractivity contribution >= 4 is 5.95 Å². The Morgan fingerprint density at radius 1 is 1.00 bits per heavy atom. The number of aromatic nitrogens is 2. The van der Waals surface area contributed by atoms with Crippen LogP contribution in [0.25, 0.3) is 0 Å². The second-order valence-corrected chi connectivity index (χ2v) is 4.67. The SMILES string of the molecule is C1CCCC1.CCCCCc1cnc(N)nc1. The Morgan fingerprint density at radius 2 is 1.53 bits per heavy atom. The normalized spacial score (nSPS) is 14.2. The monoisotopic (exact) mass is 235 g/mol. The van der Waals surface area contributed by atoms with Crippen LogP contribution in [0.4, 0.5) is 5.95 Å². The Balaban J connectivity index is 0.000000239. The van der Waals surface area contributed by atoms with E-state index in [1.54, 1.807) is 12.4 Å². The van der Waals surface area contributed by atoms with Gasteiger partial charge in [-0.05, 0) is 18.4 Å². The molecule has 17 heavy (non-hydrogen) atoms. The quantitative estimate of drug-likeness (QED) is 0.809. The maximum atomic E-state index is 5.36. The molecule has 3 nitrogen and oxygen atoms in total. The van der Waals surface area contributed by atoms with Crippen molar-refractivity contribution in [2.75, 3.05) is 5.73 Å². The molecule has 96 valence electrons. The number of nitrogens with two attached hydrogens (primary N) is 1. The van der Waals surface area contributed by atoms with Crippen molar-refractivity contribution in [3.63, 3.8) is 0 Å². The lowest BCUT2D eigenvalue weighted by Crippen LogP contribution is -1.95. The summed E-state index contributed by atoms with van der Waals surface area (Å²) in [6.07, 6.45) is 15.9. The second-order valence-electron chi connectivity index (χ2n) is 4.67. The number of hydrogen-bond acceptors (Lipinski definition) is 3. The van der Waals surface area contributed by atoms with E-state index in [1.165, 1.54) is 56.9 Å². The van der Waals surface area contributed by atoms with Gasteiger partial charge in [0.05, 0.1) is 0 Å². The van der Waals surface area contributed by atoms with E-state index in [0.717, 1.165) is 6.42 Å². The van der Waals surface area contributed by atoms with Crippen molar-refractivity contribution < 1.29 is 0 Å². The Kier molecular flexibility index (Phi) is 7.35. The molecule has 3 heteroatoms. The fourth-order valence-corrected chi connectivity index (χ4v) is 1.96. The maximum absolute atomic E-state index is 5.36. The van der Waals surface area contributed by atoms with Gasteiger partial charge in [0.15, 0.2) is 0 Å². The average Bonchev–Trinajstić information content (AvgIpc) is 2.91. The van der Waals surface area contributed by atoms with E-state index in [1.807, 2.05) is 0 Å². The van der Waals surface area contributed by atoms with Crippen LogP contribution in [0.5, 0.6) is 0 Å². The zero-order chi connectivity index (χ0) is 12.3. The van der Waals surface area contributed by atoms with Crippen LogP contribution in [0.3, 0.4) is 0 Å². The predicted octanol–water partition coefficient (Wildman–Crippen LogP) is 3.74. The minimum atomic E-state index is 0.356. The largest absolute Gasteiger partial charge is 0.368 e. The van der Waals surface area contributed by atoms with Crippen molar-refractivity contribution in [1.82, 2.24) is 9.97 Å². The molecule has 2 rings (SSSR count). The van der Waals surface area contributed by atoms with Gasteiger partial charge in [-0.3, -0.25) is 0 Å². The number of hydrogen-bond donors (Lipinski definition) is 1. The Bertz CT molecular complexity index is 270. The molecule has 0 aromatic carbocycles. The van der Waals surface area contributed by atoms with E-state index in [0.29, 0.717) is 5.95 Å². The number of anilines is 1. The van der Waals surface area contributed by atoms with Crippen LogP contribution in [0.1, 0.15) is 63.9 Å². The molecule has 0 saturated heterocycles. The first kappa shape index (κ1) is 13.9. The Morgan fingerprint density at radius 3 is 2.00 bits per heavy atom. The fourth-order valence-electron chi connectivity index (χ4n) is 1.96. The first-order valence-electron chi connectivity index (χ1n) is 6.89. The third-order valence-electron chi connectivity index (χ3n) is 3.04. The van der Waals surface area contributed by atoms with Crippen molar-refractivity contribution in [1.29, 1.82) is 0 Å². The summed E-state index contributed by atoms with van der Waals surface area (Å²) in [5, 5.41) is 0. The Labute approximate surface area is 105 Å². The molecule has 1 aliphatic rings. The zero-order valence-corrected chi connectivity index (χ0v) is 11.0. The van der Waals surface area contributed by atoms with Crippen LogP contribution in [-0.4, -0.2) is 9.97 Å². The first-order chi connectivity index (χ1) is 8.33. The standard InChI is InChI=1S/C9H15N3.C5H10/c1-2-3-4-5-8-6-11-9(10)12-7-8;1-2-4-5-3-1/h6-7H,2-5H2,1H3,(H2,10,11,12);1-5H2. The van der Waals surface area contributed by atoms with Gasteiger partial charge >= 0.3 is 0 Å². The lowest BCUT2D eigenvalue weighted by molar-refractivity contribution is 0.714. The minimum Gasteiger partial charge on any atom is -0.368 e. The molecular weight excluding hydrogens is 210 g/mol. The molecule has 0 aliphatic heterocycles. The third-order valence-corrected chi connectivity index (χ3v) is 3.04. The molecule has 0 bridgehead atoms. The molecule has 1 heterocycles. The smallest absolute Gasteiger partial charge is 0.219 e. The summed E-state index contributed by atoms with van der Waals surface area (Å²) in [5.74, 6) is 0.356. The van der Waals surface area contributed by atoms with Gasteiger partial charge in [0.25, 0.3) is 0 Å². The zero-order valence-electron chi connectivity index (χ0n) is 11.0. The summed E-state index contributed by atoms with van der Waals surface area (Å²) >= 11 is 0. The molecule has 0 unspecified atom stereocenters. The molecule has 1 aromatic rings. The van der Waals surface area contributed by atoms with Crippen LogP contribution in [0, 0.1) is 0 Å². The topological polar surface area (TPSA) is 51.8 Å². The van der Waals surface area contributed by atoms with Gasteiger partial charge in [0.1, 0.15) is 0 Å². The van der Waals surface area contributed by atoms with Crippen LogP contribution in [0.2, 0.25) is 0 Å². The van der Waals surface area contributed by atoms with Gasteiger partial charge in [0, 0.05) is 12.4 Å². The van der Waals surface area contributed by atoms with Crippen LogP contribution in [0.15, 0.2) is 12.4 Å². The van der Waals surface area contributed by atoms with Crippen molar-refractivity contribution in [2.45, 2.75) is 64.7 Å². The summed E-state index contributed by atoms with van der Waals surface area (Å²) in [7, 11) is 0. The van der Waals surface area contributed by atoms with Gasteiger partial charge in [0.2, 0.25) is 5.95 Å². The summed E-state index contributed by atoms with van der Waals surface area (Å²) in [6, 6.07) is 0. The number of nitrogens with zero attached hydrogens (tertiary/aromatic N) is 2. The average molecular weight is 235 g/mol. The van der Waals surface area contributed by atoms with Crippen molar-refractivity contribution in [2.24, 2.45) is 0 Å². The van der Waals surface area contributed by atoms with E-state index >= 15 is 0 Å². The molecule has 0 spiro atoms. The molecule has 2 N–H and O–H groups in total. The third kappa shape index (κ3) is 6.93. The van der Waals surface area contributed by atoms with Crippen LogP contribution < -0.4 is 5.73 Å². The summed E-state index contributed by atoms with van der Waals surface area (Å²) < 4.78 is 0. The first-order valence-corrected chi connectivity index (χ1v) is 6.89. The summed E-state index contributed by atoms with van der Waals surface area (Å²) in [4.78, 5) is 7.85. The van der Waals surface area contributed by atoms with Gasteiger partial charge in [-0.2, -0.15) is 0 Å². The van der Waals surface area contributed by atoms with Gasteiger partial charge in [-0.1, -0.05) is 51.9 Å². The highest BCUT2D eigenvalue weighted by Crippen LogP contribution is 2.15. The fraction of sp³-hybridized carbons (Fsp3) is 0.714. The highest BCUT2D eigenvalue weighted by atomic mass is 15.0. The van der Waals surface area contributed by atoms with Gasteiger partial charge in [-0.25, -0.2) is 9.97 Å². The van der Waals surface area contributed by atoms with E-state index in [9.17, 15) is 0 Å². The summed E-state index contributed by atoms with van der Waals surface area (Å²) in [5.41, 5.74) is 6.54. The molecule has 1 aromatic heterocycles. The highest BCUT2D eigenvalue weighted by Gasteiger charge is 1.95. The number of rotatable bonds is 4. The minimum absolute atomic E-state index is 0.356. The van der Waals surface area contributed by atoms with Crippen LogP contribution in [-0.2, 0) is 6.42 Å². The second kappa shape index (κ2) is 8.97. The van der Waals surface area contributed by atoms with E-state index in [2.05, 4.69) is 16.9 Å². The molecule has 0 atom stereocenters. The van der Waals surface area contributed by atoms with E-state index < -0.39 is 0 Å². The molecule has 1 aliphatic carbocycles. The molecule has 1 fully saturated rings. The van der Waals surface area contributed by atoms with Gasteiger partial charge < -0.3 is 5.73 Å². The lowest BCUT2D eigenvalue weighted by Gasteiger charge is -1.98. The predicted molar refractivity (Wildman–Crippen MR) is 72.8 cm³/mol. The summed E-state index contributed by atoms with van der Waals surface area (Å²) in [6.45, 7) is 2.19. The maximum Gasteiger partial charge on any atom is 0.219 e.